The molecule has 0 aliphatic carbocycles. The molecule has 1 fully saturated rings. The maximum atomic E-state index is 12.2. The number of hydrogen-bond donors (Lipinski definition) is 1. The molecular formula is C21H28N2O2. The number of carbonyl (C=O) groups is 1. The average molecular weight is 340 g/mol. The third kappa shape index (κ3) is 5.20. The molecule has 1 aromatic heterocycles. The second-order valence-corrected chi connectivity index (χ2v) is 6.82. The van der Waals surface area contributed by atoms with Crippen molar-refractivity contribution in [2.45, 2.75) is 45.1 Å². The zero-order chi connectivity index (χ0) is 17.5. The van der Waals surface area contributed by atoms with Crippen LogP contribution in [0.1, 0.15) is 38.4 Å². The Hall–Kier alpha value is -2.07. The molecule has 0 atom stereocenters. The van der Waals surface area contributed by atoms with Crippen LogP contribution in [0.3, 0.4) is 0 Å². The van der Waals surface area contributed by atoms with Crippen molar-refractivity contribution < 1.29 is 9.21 Å². The number of aryl methyl sites for hydroxylation is 1. The van der Waals surface area contributed by atoms with Gasteiger partial charge in [0.15, 0.2) is 0 Å². The molecule has 1 N–H and O–H groups in total. The summed E-state index contributed by atoms with van der Waals surface area (Å²) in [5.41, 5.74) is 1.07. The highest BCUT2D eigenvalue weighted by Crippen LogP contribution is 2.22. The van der Waals surface area contributed by atoms with Crippen LogP contribution in [0.4, 0.5) is 0 Å². The normalized spacial score (nSPS) is 16.0. The zero-order valence-electron chi connectivity index (χ0n) is 15.0. The van der Waals surface area contributed by atoms with Gasteiger partial charge in [0, 0.05) is 37.5 Å². The van der Waals surface area contributed by atoms with Crippen LogP contribution in [0.2, 0.25) is 0 Å². The molecule has 0 bridgehead atoms. The summed E-state index contributed by atoms with van der Waals surface area (Å²) in [6.07, 6.45) is 4.45. The van der Waals surface area contributed by atoms with E-state index in [1.165, 1.54) is 13.0 Å². The fraction of sp³-hybridized carbons (Fsp3) is 0.476. The maximum Gasteiger partial charge on any atom is 0.220 e. The van der Waals surface area contributed by atoms with Crippen LogP contribution >= 0.6 is 0 Å². The second kappa shape index (κ2) is 8.86. The summed E-state index contributed by atoms with van der Waals surface area (Å²) in [6, 6.07) is 14.3. The monoisotopic (exact) mass is 340 g/mol. The molecule has 25 heavy (non-hydrogen) atoms. The first-order valence-corrected chi connectivity index (χ1v) is 9.40. The Balaban J connectivity index is 1.42. The Kier molecular flexibility index (Phi) is 6.29. The summed E-state index contributed by atoms with van der Waals surface area (Å²) < 4.78 is 5.86. The lowest BCUT2D eigenvalue weighted by atomic mass is 10.0. The lowest BCUT2D eigenvalue weighted by Gasteiger charge is -2.32. The molecule has 2 heterocycles. The van der Waals surface area contributed by atoms with Crippen molar-refractivity contribution in [1.29, 1.82) is 0 Å². The first kappa shape index (κ1) is 17.7. The minimum Gasteiger partial charge on any atom is -0.461 e. The lowest BCUT2D eigenvalue weighted by Crippen LogP contribution is -2.44. The van der Waals surface area contributed by atoms with Crippen molar-refractivity contribution in [3.63, 3.8) is 0 Å². The van der Waals surface area contributed by atoms with Crippen LogP contribution < -0.4 is 5.32 Å². The average Bonchev–Trinajstić information content (AvgIpc) is 3.12. The van der Waals surface area contributed by atoms with Gasteiger partial charge in [-0.3, -0.25) is 4.79 Å². The summed E-state index contributed by atoms with van der Waals surface area (Å²) >= 11 is 0. The highest BCUT2D eigenvalue weighted by atomic mass is 16.3. The number of hydrogen-bond acceptors (Lipinski definition) is 3. The fourth-order valence-electron chi connectivity index (χ4n) is 3.42. The van der Waals surface area contributed by atoms with E-state index < -0.39 is 0 Å². The predicted molar refractivity (Wildman–Crippen MR) is 100 cm³/mol. The van der Waals surface area contributed by atoms with Crippen molar-refractivity contribution in [2.24, 2.45) is 0 Å². The van der Waals surface area contributed by atoms with Gasteiger partial charge in [0.2, 0.25) is 5.91 Å². The van der Waals surface area contributed by atoms with Gasteiger partial charge >= 0.3 is 0 Å². The highest BCUT2D eigenvalue weighted by Gasteiger charge is 2.20. The van der Waals surface area contributed by atoms with Crippen LogP contribution in [0.5, 0.6) is 0 Å². The minimum absolute atomic E-state index is 0.131. The van der Waals surface area contributed by atoms with E-state index in [2.05, 4.69) is 17.1 Å². The predicted octanol–water partition coefficient (Wildman–Crippen LogP) is 3.87. The lowest BCUT2D eigenvalue weighted by molar-refractivity contribution is -0.122. The molecule has 134 valence electrons. The van der Waals surface area contributed by atoms with E-state index in [0.717, 1.165) is 43.0 Å². The van der Waals surface area contributed by atoms with E-state index in [9.17, 15) is 4.79 Å². The van der Waals surface area contributed by atoms with Crippen molar-refractivity contribution in [3.8, 4) is 11.3 Å². The van der Waals surface area contributed by atoms with E-state index in [0.29, 0.717) is 18.9 Å². The molecular weight excluding hydrogens is 312 g/mol. The molecule has 3 rings (SSSR count). The van der Waals surface area contributed by atoms with Gasteiger partial charge in [0.05, 0.1) is 0 Å². The van der Waals surface area contributed by atoms with Gasteiger partial charge in [-0.15, -0.1) is 0 Å². The third-order valence-corrected chi connectivity index (χ3v) is 4.81. The quantitative estimate of drug-likeness (QED) is 0.832. The number of piperidine rings is 1. The Morgan fingerprint density at radius 1 is 1.16 bits per heavy atom. The fourth-order valence-corrected chi connectivity index (χ4v) is 3.42. The molecule has 1 saturated heterocycles. The summed E-state index contributed by atoms with van der Waals surface area (Å²) in [4.78, 5) is 14.7. The standard InChI is InChI=1S/C21H28N2O2/c1-2-14-23-15-12-18(13-16-23)22-21(24)11-9-19-8-10-20(25-19)17-6-4-3-5-7-17/h3-8,10,18H,2,9,11-16H2,1H3,(H,22,24). The summed E-state index contributed by atoms with van der Waals surface area (Å²) in [5.74, 6) is 1.86. The number of furan rings is 1. The first-order valence-electron chi connectivity index (χ1n) is 9.40. The van der Waals surface area contributed by atoms with Gasteiger partial charge in [0.25, 0.3) is 0 Å². The smallest absolute Gasteiger partial charge is 0.220 e. The van der Waals surface area contributed by atoms with Gasteiger partial charge in [-0.1, -0.05) is 37.3 Å². The summed E-state index contributed by atoms with van der Waals surface area (Å²) in [6.45, 7) is 5.57. The molecule has 1 aliphatic heterocycles. The molecule has 4 heteroatoms. The Morgan fingerprint density at radius 2 is 1.92 bits per heavy atom. The number of nitrogens with zero attached hydrogens (tertiary/aromatic N) is 1. The van der Waals surface area contributed by atoms with E-state index in [1.807, 2.05) is 42.5 Å². The number of carbonyl (C=O) groups excluding carboxylic acids is 1. The third-order valence-electron chi connectivity index (χ3n) is 4.81. The van der Waals surface area contributed by atoms with Gasteiger partial charge in [-0.05, 0) is 37.9 Å². The number of likely N-dealkylation sites (tertiary alicyclic amines) is 1. The van der Waals surface area contributed by atoms with E-state index in [4.69, 9.17) is 4.42 Å². The molecule has 0 radical (unpaired) electrons. The number of nitrogens with one attached hydrogen (secondary N) is 1. The van der Waals surface area contributed by atoms with E-state index in [-0.39, 0.29) is 5.91 Å². The van der Waals surface area contributed by atoms with Crippen LogP contribution in [0.15, 0.2) is 46.9 Å². The highest BCUT2D eigenvalue weighted by molar-refractivity contribution is 5.76. The van der Waals surface area contributed by atoms with Crippen molar-refractivity contribution in [2.75, 3.05) is 19.6 Å². The SMILES string of the molecule is CCCN1CCC(NC(=O)CCc2ccc(-c3ccccc3)o2)CC1. The first-order chi connectivity index (χ1) is 12.2. The maximum absolute atomic E-state index is 12.2. The molecule has 1 aromatic carbocycles. The van der Waals surface area contributed by atoms with E-state index in [1.54, 1.807) is 0 Å². The largest absolute Gasteiger partial charge is 0.461 e. The summed E-state index contributed by atoms with van der Waals surface area (Å²) in [7, 11) is 0. The van der Waals surface area contributed by atoms with Crippen LogP contribution in [0.25, 0.3) is 11.3 Å². The van der Waals surface area contributed by atoms with Crippen molar-refractivity contribution in [3.05, 3.63) is 48.2 Å². The molecule has 0 unspecified atom stereocenters. The van der Waals surface area contributed by atoms with E-state index >= 15 is 0 Å². The Morgan fingerprint density at radius 3 is 2.64 bits per heavy atom. The zero-order valence-corrected chi connectivity index (χ0v) is 15.0. The van der Waals surface area contributed by atoms with Crippen LogP contribution in [-0.4, -0.2) is 36.5 Å². The summed E-state index contributed by atoms with van der Waals surface area (Å²) in [5, 5.41) is 3.18. The van der Waals surface area contributed by atoms with Gasteiger partial charge in [-0.25, -0.2) is 0 Å². The molecule has 0 spiro atoms. The number of rotatable bonds is 7. The van der Waals surface area contributed by atoms with Gasteiger partial charge in [0.1, 0.15) is 11.5 Å². The van der Waals surface area contributed by atoms with Crippen LogP contribution in [0, 0.1) is 0 Å². The molecule has 0 saturated carbocycles. The molecule has 1 aliphatic rings. The van der Waals surface area contributed by atoms with Crippen molar-refractivity contribution in [1.82, 2.24) is 10.2 Å². The molecule has 4 nitrogen and oxygen atoms in total. The number of amides is 1. The number of benzene rings is 1. The Labute approximate surface area is 150 Å². The van der Waals surface area contributed by atoms with Crippen molar-refractivity contribution >= 4 is 5.91 Å². The second-order valence-electron chi connectivity index (χ2n) is 6.82. The van der Waals surface area contributed by atoms with Crippen LogP contribution in [-0.2, 0) is 11.2 Å². The minimum atomic E-state index is 0.131. The topological polar surface area (TPSA) is 45.5 Å². The van der Waals surface area contributed by atoms with Gasteiger partial charge < -0.3 is 14.6 Å². The van der Waals surface area contributed by atoms with Gasteiger partial charge in [-0.2, -0.15) is 0 Å². The molecule has 2 aromatic rings. The molecule has 1 amide bonds. The Bertz CT molecular complexity index is 658.